The standard InChI is InChI=1S/C16H13F3N4O5/c1-22-12-11(13(24)23(15(22)25)6-10-7-26-10)20-14(21-12)27-8-3-2-4-9(5-8)28-16(17,18)19/h2-5,10H,6-7H2,1H3,(H,20,21). The Morgan fingerprint density at radius 1 is 1.32 bits per heavy atom. The van der Waals surface area contributed by atoms with Crippen molar-refractivity contribution in [3.05, 3.63) is 45.1 Å². The molecule has 1 N–H and O–H groups in total. The highest BCUT2D eigenvalue weighted by Gasteiger charge is 2.31. The Morgan fingerprint density at radius 3 is 2.71 bits per heavy atom. The van der Waals surface area contributed by atoms with Crippen molar-refractivity contribution in [3.63, 3.8) is 0 Å². The van der Waals surface area contributed by atoms with Crippen LogP contribution in [-0.2, 0) is 18.3 Å². The zero-order valence-electron chi connectivity index (χ0n) is 14.3. The highest BCUT2D eigenvalue weighted by molar-refractivity contribution is 5.70. The summed E-state index contributed by atoms with van der Waals surface area (Å²) in [5, 5.41) is 0. The van der Waals surface area contributed by atoms with E-state index in [1.807, 2.05) is 0 Å². The van der Waals surface area contributed by atoms with Gasteiger partial charge in [-0.25, -0.2) is 4.79 Å². The molecule has 1 unspecified atom stereocenters. The lowest BCUT2D eigenvalue weighted by Gasteiger charge is -2.09. The molecule has 0 spiro atoms. The van der Waals surface area contributed by atoms with Gasteiger partial charge in [0.1, 0.15) is 11.5 Å². The predicted octanol–water partition coefficient (Wildman–Crippen LogP) is 1.51. The van der Waals surface area contributed by atoms with E-state index in [0.717, 1.165) is 16.7 Å². The molecule has 1 fully saturated rings. The van der Waals surface area contributed by atoms with Crippen LogP contribution >= 0.6 is 0 Å². The van der Waals surface area contributed by atoms with Gasteiger partial charge in [-0.3, -0.25) is 13.9 Å². The molecular formula is C16H13F3N4O5. The van der Waals surface area contributed by atoms with Crippen LogP contribution in [0, 0.1) is 0 Å². The average molecular weight is 398 g/mol. The van der Waals surface area contributed by atoms with Crippen molar-refractivity contribution in [2.24, 2.45) is 7.05 Å². The quantitative estimate of drug-likeness (QED) is 0.654. The third-order valence-corrected chi connectivity index (χ3v) is 4.00. The van der Waals surface area contributed by atoms with Gasteiger partial charge in [-0.1, -0.05) is 6.07 Å². The van der Waals surface area contributed by atoms with Crippen LogP contribution in [0.1, 0.15) is 0 Å². The molecule has 1 saturated heterocycles. The Kier molecular flexibility index (Phi) is 4.14. The van der Waals surface area contributed by atoms with Crippen LogP contribution in [0.3, 0.4) is 0 Å². The van der Waals surface area contributed by atoms with E-state index < -0.39 is 23.4 Å². The molecule has 0 radical (unpaired) electrons. The minimum atomic E-state index is -4.84. The van der Waals surface area contributed by atoms with E-state index in [1.165, 1.54) is 23.7 Å². The summed E-state index contributed by atoms with van der Waals surface area (Å²) >= 11 is 0. The number of rotatable bonds is 5. The first-order chi connectivity index (χ1) is 13.2. The number of hydrogen-bond acceptors (Lipinski definition) is 6. The van der Waals surface area contributed by atoms with E-state index in [9.17, 15) is 22.8 Å². The molecule has 12 heteroatoms. The number of fused-ring (bicyclic) bond motifs is 1. The lowest BCUT2D eigenvalue weighted by Crippen LogP contribution is -2.40. The second-order valence-corrected chi connectivity index (χ2v) is 6.08. The average Bonchev–Trinajstić information content (AvgIpc) is 3.33. The van der Waals surface area contributed by atoms with E-state index >= 15 is 0 Å². The number of nitrogens with zero attached hydrogens (tertiary/aromatic N) is 3. The molecule has 0 bridgehead atoms. The number of H-pyrrole nitrogens is 1. The highest BCUT2D eigenvalue weighted by atomic mass is 19.4. The Bertz CT molecular complexity index is 1160. The summed E-state index contributed by atoms with van der Waals surface area (Å²) in [6.45, 7) is 0.592. The third-order valence-electron chi connectivity index (χ3n) is 4.00. The topological polar surface area (TPSA) is 104 Å². The van der Waals surface area contributed by atoms with Gasteiger partial charge in [-0.05, 0) is 12.1 Å². The normalized spacial score (nSPS) is 16.4. The van der Waals surface area contributed by atoms with Crippen molar-refractivity contribution in [2.75, 3.05) is 6.61 Å². The molecule has 0 amide bonds. The molecule has 1 aliphatic heterocycles. The number of nitrogens with one attached hydrogen (secondary N) is 1. The molecule has 28 heavy (non-hydrogen) atoms. The van der Waals surface area contributed by atoms with Crippen LogP contribution in [0.5, 0.6) is 17.5 Å². The van der Waals surface area contributed by atoms with Gasteiger partial charge < -0.3 is 19.2 Å². The maximum Gasteiger partial charge on any atom is 0.573 e. The lowest BCUT2D eigenvalue weighted by atomic mass is 10.3. The number of alkyl halides is 3. The van der Waals surface area contributed by atoms with Crippen LogP contribution in [0.15, 0.2) is 33.9 Å². The SMILES string of the molecule is Cn1c(=O)n(CC2CO2)c(=O)c2[nH]c(Oc3cccc(OC(F)(F)F)c3)nc21. The predicted molar refractivity (Wildman–Crippen MR) is 88.5 cm³/mol. The highest BCUT2D eigenvalue weighted by Crippen LogP contribution is 2.28. The zero-order valence-corrected chi connectivity index (χ0v) is 14.3. The van der Waals surface area contributed by atoms with Gasteiger partial charge in [-0.15, -0.1) is 13.2 Å². The van der Waals surface area contributed by atoms with Gasteiger partial charge in [0.25, 0.3) is 5.56 Å². The summed E-state index contributed by atoms with van der Waals surface area (Å²) in [4.78, 5) is 31.6. The van der Waals surface area contributed by atoms with Crippen LogP contribution in [0.2, 0.25) is 0 Å². The van der Waals surface area contributed by atoms with Gasteiger partial charge in [-0.2, -0.15) is 4.98 Å². The minimum Gasteiger partial charge on any atom is -0.425 e. The summed E-state index contributed by atoms with van der Waals surface area (Å²) in [6, 6.07) is 4.66. The molecule has 148 valence electrons. The summed E-state index contributed by atoms with van der Waals surface area (Å²) < 4.78 is 53.5. The van der Waals surface area contributed by atoms with E-state index in [1.54, 1.807) is 0 Å². The summed E-state index contributed by atoms with van der Waals surface area (Å²) in [5.74, 6) is -0.474. The zero-order chi connectivity index (χ0) is 20.1. The van der Waals surface area contributed by atoms with E-state index in [0.29, 0.717) is 6.61 Å². The third kappa shape index (κ3) is 3.58. The molecule has 3 aromatic rings. The van der Waals surface area contributed by atoms with Crippen molar-refractivity contribution in [2.45, 2.75) is 19.0 Å². The van der Waals surface area contributed by atoms with Crippen molar-refractivity contribution in [3.8, 4) is 17.5 Å². The van der Waals surface area contributed by atoms with Gasteiger partial charge in [0.05, 0.1) is 19.3 Å². The number of aromatic amines is 1. The maximum atomic E-state index is 12.6. The van der Waals surface area contributed by atoms with Crippen molar-refractivity contribution in [1.29, 1.82) is 0 Å². The Labute approximate surface area is 153 Å². The molecular weight excluding hydrogens is 385 g/mol. The monoisotopic (exact) mass is 398 g/mol. The first-order valence-electron chi connectivity index (χ1n) is 8.06. The Morgan fingerprint density at radius 2 is 2.04 bits per heavy atom. The molecule has 0 aliphatic carbocycles. The maximum absolute atomic E-state index is 12.6. The smallest absolute Gasteiger partial charge is 0.425 e. The first-order valence-corrected chi connectivity index (χ1v) is 8.06. The fourth-order valence-corrected chi connectivity index (χ4v) is 2.66. The summed E-state index contributed by atoms with van der Waals surface area (Å²) in [7, 11) is 1.44. The number of aromatic nitrogens is 4. The molecule has 1 aliphatic rings. The van der Waals surface area contributed by atoms with Gasteiger partial charge in [0.2, 0.25) is 0 Å². The van der Waals surface area contributed by atoms with Crippen LogP contribution in [-0.4, -0.2) is 38.2 Å². The fraction of sp³-hybridized carbons (Fsp3) is 0.312. The lowest BCUT2D eigenvalue weighted by molar-refractivity contribution is -0.274. The van der Waals surface area contributed by atoms with Crippen LogP contribution in [0.4, 0.5) is 13.2 Å². The van der Waals surface area contributed by atoms with Gasteiger partial charge in [0.15, 0.2) is 11.2 Å². The van der Waals surface area contributed by atoms with Crippen molar-refractivity contribution in [1.82, 2.24) is 19.1 Å². The van der Waals surface area contributed by atoms with E-state index in [-0.39, 0.29) is 35.6 Å². The van der Waals surface area contributed by atoms with E-state index in [4.69, 9.17) is 9.47 Å². The van der Waals surface area contributed by atoms with Crippen LogP contribution in [0.25, 0.3) is 11.2 Å². The number of benzene rings is 1. The van der Waals surface area contributed by atoms with Crippen LogP contribution < -0.4 is 20.7 Å². The molecule has 1 aromatic carbocycles. The van der Waals surface area contributed by atoms with Crippen molar-refractivity contribution < 1.29 is 27.4 Å². The first kappa shape index (κ1) is 18.1. The fourth-order valence-electron chi connectivity index (χ4n) is 2.66. The summed E-state index contributed by atoms with van der Waals surface area (Å²) in [6.07, 6.45) is -5.02. The molecule has 4 rings (SSSR count). The minimum absolute atomic E-state index is 0.00230. The number of aryl methyl sites for hydroxylation is 1. The van der Waals surface area contributed by atoms with Gasteiger partial charge >= 0.3 is 18.1 Å². The number of epoxide rings is 1. The number of imidazole rings is 1. The second-order valence-electron chi connectivity index (χ2n) is 6.08. The molecule has 1 atom stereocenters. The Balaban J connectivity index is 1.68. The Hall–Kier alpha value is -3.28. The number of halogens is 3. The van der Waals surface area contributed by atoms with Crippen molar-refractivity contribution >= 4 is 11.2 Å². The molecule has 3 heterocycles. The largest absolute Gasteiger partial charge is 0.573 e. The second kappa shape index (κ2) is 6.41. The molecule has 9 nitrogen and oxygen atoms in total. The molecule has 2 aromatic heterocycles. The number of hydrogen-bond donors (Lipinski definition) is 1. The molecule has 0 saturated carbocycles. The number of ether oxygens (including phenoxy) is 3. The van der Waals surface area contributed by atoms with Gasteiger partial charge in [0, 0.05) is 13.1 Å². The van der Waals surface area contributed by atoms with E-state index in [2.05, 4.69) is 14.7 Å². The summed E-state index contributed by atoms with van der Waals surface area (Å²) in [5.41, 5.74) is -1.07.